The number of nitrogens with one attached hydrogen (secondary N) is 1. The summed E-state index contributed by atoms with van der Waals surface area (Å²) in [6.45, 7) is 0.625. The van der Waals surface area contributed by atoms with Gasteiger partial charge < -0.3 is 10.4 Å². The molecule has 4 heteroatoms. The lowest BCUT2D eigenvalue weighted by Crippen LogP contribution is -2.07. The van der Waals surface area contributed by atoms with Crippen molar-refractivity contribution < 1.29 is 5.11 Å². The van der Waals surface area contributed by atoms with Crippen molar-refractivity contribution in [3.05, 3.63) is 24.2 Å². The summed E-state index contributed by atoms with van der Waals surface area (Å²) in [5.41, 5.74) is 0.927. The van der Waals surface area contributed by atoms with Gasteiger partial charge in [0.2, 0.25) is 0 Å². The zero-order chi connectivity index (χ0) is 12.6. The minimum Gasteiger partial charge on any atom is -0.395 e. The maximum atomic E-state index is 8.75. The van der Waals surface area contributed by atoms with Crippen molar-refractivity contribution >= 4 is 11.9 Å². The van der Waals surface area contributed by atoms with Crippen molar-refractivity contribution in [2.24, 2.45) is 5.92 Å². The van der Waals surface area contributed by atoms with Crippen LogP contribution in [0.5, 0.6) is 0 Å². The van der Waals surface area contributed by atoms with E-state index in [-0.39, 0.29) is 6.61 Å². The number of aromatic nitrogens is 2. The van der Waals surface area contributed by atoms with Gasteiger partial charge in [-0.05, 0) is 24.8 Å². The molecular weight excluding hydrogens is 226 g/mol. The minimum absolute atomic E-state index is 0.108. The molecule has 1 aliphatic carbocycles. The topological polar surface area (TPSA) is 58.0 Å². The van der Waals surface area contributed by atoms with Gasteiger partial charge in [0.15, 0.2) is 0 Å². The number of allylic oxidation sites excluding steroid dienone is 1. The van der Waals surface area contributed by atoms with Gasteiger partial charge in [-0.1, -0.05) is 25.3 Å². The van der Waals surface area contributed by atoms with Crippen LogP contribution in [0.1, 0.15) is 37.8 Å². The maximum Gasteiger partial charge on any atom is 0.130 e. The average molecular weight is 247 g/mol. The highest BCUT2D eigenvalue weighted by Gasteiger charge is 2.09. The highest BCUT2D eigenvalue weighted by Crippen LogP contribution is 2.25. The zero-order valence-electron chi connectivity index (χ0n) is 10.7. The lowest BCUT2D eigenvalue weighted by atomic mass is 9.89. The predicted molar refractivity (Wildman–Crippen MR) is 73.2 cm³/mol. The zero-order valence-corrected chi connectivity index (χ0v) is 10.7. The Labute approximate surface area is 108 Å². The van der Waals surface area contributed by atoms with Crippen LogP contribution in [0.3, 0.4) is 0 Å². The Morgan fingerprint density at radius 1 is 1.28 bits per heavy atom. The second-order valence-corrected chi connectivity index (χ2v) is 4.74. The molecule has 1 heterocycles. The molecule has 98 valence electrons. The van der Waals surface area contributed by atoms with Gasteiger partial charge in [0.25, 0.3) is 0 Å². The molecule has 18 heavy (non-hydrogen) atoms. The number of aliphatic hydroxyl groups is 1. The van der Waals surface area contributed by atoms with E-state index in [1.165, 1.54) is 32.1 Å². The van der Waals surface area contributed by atoms with Crippen molar-refractivity contribution in [3.8, 4) is 0 Å². The third-order valence-electron chi connectivity index (χ3n) is 3.30. The second kappa shape index (κ2) is 7.11. The molecule has 4 nitrogen and oxygen atoms in total. The Morgan fingerprint density at radius 2 is 2.11 bits per heavy atom. The Balaban J connectivity index is 1.93. The van der Waals surface area contributed by atoms with Crippen LogP contribution in [0.2, 0.25) is 0 Å². The molecule has 1 saturated carbocycles. The summed E-state index contributed by atoms with van der Waals surface area (Å²) in [6, 6.07) is 1.91. The summed E-state index contributed by atoms with van der Waals surface area (Å²) in [6.07, 6.45) is 12.6. The van der Waals surface area contributed by atoms with Crippen LogP contribution >= 0.6 is 0 Å². The molecule has 0 atom stereocenters. The van der Waals surface area contributed by atoms with E-state index in [0.717, 1.165) is 11.5 Å². The van der Waals surface area contributed by atoms with Crippen LogP contribution in [-0.2, 0) is 0 Å². The van der Waals surface area contributed by atoms with E-state index in [9.17, 15) is 0 Å². The molecular formula is C14H21N3O. The van der Waals surface area contributed by atoms with E-state index in [0.29, 0.717) is 12.5 Å². The molecule has 1 aliphatic rings. The largest absolute Gasteiger partial charge is 0.395 e. The summed E-state index contributed by atoms with van der Waals surface area (Å²) in [5.74, 6) is 1.48. The number of aliphatic hydroxyl groups excluding tert-OH is 1. The van der Waals surface area contributed by atoms with Crippen LogP contribution in [0.4, 0.5) is 5.82 Å². The molecule has 0 unspecified atom stereocenters. The Hall–Kier alpha value is -1.42. The molecule has 0 spiro atoms. The van der Waals surface area contributed by atoms with Crippen LogP contribution in [0.15, 0.2) is 18.5 Å². The SMILES string of the molecule is OCCNc1cc(C=CC2CCCCC2)ncn1. The van der Waals surface area contributed by atoms with E-state index >= 15 is 0 Å². The van der Waals surface area contributed by atoms with Crippen LogP contribution in [0, 0.1) is 5.92 Å². The maximum absolute atomic E-state index is 8.75. The van der Waals surface area contributed by atoms with Crippen LogP contribution < -0.4 is 5.32 Å². The highest BCUT2D eigenvalue weighted by molar-refractivity contribution is 5.50. The fourth-order valence-electron chi connectivity index (χ4n) is 2.31. The number of rotatable bonds is 5. The van der Waals surface area contributed by atoms with Gasteiger partial charge >= 0.3 is 0 Å². The van der Waals surface area contributed by atoms with E-state index in [1.54, 1.807) is 6.33 Å². The fraction of sp³-hybridized carbons (Fsp3) is 0.571. The summed E-state index contributed by atoms with van der Waals surface area (Å²) in [5, 5.41) is 11.8. The lowest BCUT2D eigenvalue weighted by molar-refractivity contribution is 0.311. The highest BCUT2D eigenvalue weighted by atomic mass is 16.3. The number of hydrogen-bond donors (Lipinski definition) is 2. The molecule has 0 amide bonds. The molecule has 2 N–H and O–H groups in total. The van der Waals surface area contributed by atoms with Gasteiger partial charge in [-0.2, -0.15) is 0 Å². The first kappa shape index (κ1) is 13.0. The number of hydrogen-bond acceptors (Lipinski definition) is 4. The molecule has 0 bridgehead atoms. The van der Waals surface area contributed by atoms with Crippen LogP contribution in [0.25, 0.3) is 6.08 Å². The van der Waals surface area contributed by atoms with E-state index in [1.807, 2.05) is 6.07 Å². The van der Waals surface area contributed by atoms with E-state index < -0.39 is 0 Å². The fourth-order valence-corrected chi connectivity index (χ4v) is 2.31. The Morgan fingerprint density at radius 3 is 2.89 bits per heavy atom. The normalized spacial score (nSPS) is 17.2. The van der Waals surface area contributed by atoms with Crippen LogP contribution in [-0.4, -0.2) is 28.2 Å². The first-order chi connectivity index (χ1) is 8.88. The molecule has 0 radical (unpaired) electrons. The third-order valence-corrected chi connectivity index (χ3v) is 3.30. The molecule has 1 fully saturated rings. The standard InChI is InChI=1S/C14H21N3O/c18-9-8-15-14-10-13(16-11-17-14)7-6-12-4-2-1-3-5-12/h6-7,10-12,18H,1-5,8-9H2,(H,15,16,17). The Kier molecular flexibility index (Phi) is 5.15. The first-order valence-corrected chi connectivity index (χ1v) is 6.73. The summed E-state index contributed by atoms with van der Waals surface area (Å²) < 4.78 is 0. The molecule has 0 aromatic carbocycles. The van der Waals surface area contributed by atoms with Crippen molar-refractivity contribution in [2.45, 2.75) is 32.1 Å². The summed E-state index contributed by atoms with van der Waals surface area (Å²) >= 11 is 0. The van der Waals surface area contributed by atoms with Crippen molar-refractivity contribution in [2.75, 3.05) is 18.5 Å². The molecule has 2 rings (SSSR count). The summed E-state index contributed by atoms with van der Waals surface area (Å²) in [7, 11) is 0. The molecule has 0 aliphatic heterocycles. The van der Waals surface area contributed by atoms with Gasteiger partial charge in [-0.15, -0.1) is 0 Å². The predicted octanol–water partition coefficient (Wildman–Crippen LogP) is 2.47. The van der Waals surface area contributed by atoms with Crippen molar-refractivity contribution in [1.29, 1.82) is 0 Å². The van der Waals surface area contributed by atoms with Gasteiger partial charge in [-0.25, -0.2) is 9.97 Å². The van der Waals surface area contributed by atoms with Crippen molar-refractivity contribution in [3.63, 3.8) is 0 Å². The first-order valence-electron chi connectivity index (χ1n) is 6.73. The smallest absolute Gasteiger partial charge is 0.130 e. The van der Waals surface area contributed by atoms with Gasteiger partial charge in [0, 0.05) is 12.6 Å². The number of anilines is 1. The lowest BCUT2D eigenvalue weighted by Gasteiger charge is -2.17. The average Bonchev–Trinajstić information content (AvgIpc) is 2.44. The van der Waals surface area contributed by atoms with E-state index in [4.69, 9.17) is 5.11 Å². The third kappa shape index (κ3) is 4.11. The monoisotopic (exact) mass is 247 g/mol. The Bertz CT molecular complexity index is 386. The van der Waals surface area contributed by atoms with Gasteiger partial charge in [0.1, 0.15) is 12.1 Å². The molecule has 1 aromatic rings. The van der Waals surface area contributed by atoms with Gasteiger partial charge in [0.05, 0.1) is 12.3 Å². The van der Waals surface area contributed by atoms with E-state index in [2.05, 4.69) is 27.4 Å². The summed E-state index contributed by atoms with van der Waals surface area (Å²) in [4.78, 5) is 8.34. The second-order valence-electron chi connectivity index (χ2n) is 4.74. The minimum atomic E-state index is 0.108. The molecule has 1 aromatic heterocycles. The number of nitrogens with zero attached hydrogens (tertiary/aromatic N) is 2. The molecule has 0 saturated heterocycles. The van der Waals surface area contributed by atoms with Gasteiger partial charge in [-0.3, -0.25) is 0 Å². The van der Waals surface area contributed by atoms with Crippen molar-refractivity contribution in [1.82, 2.24) is 9.97 Å². The quantitative estimate of drug-likeness (QED) is 0.839.